The van der Waals surface area contributed by atoms with Gasteiger partial charge >= 0.3 is 0 Å². The molecule has 2 amide bonds. The first-order valence-corrected chi connectivity index (χ1v) is 10.5. The molecule has 4 N–H and O–H groups in total. The van der Waals surface area contributed by atoms with Crippen molar-refractivity contribution in [1.82, 2.24) is 4.72 Å². The Kier molecular flexibility index (Phi) is 7.60. The number of aryl methyl sites for hydroxylation is 1. The average molecular weight is 440 g/mol. The number of carbonyl (C=O) groups is 2. The molecule has 0 unspecified atom stereocenters. The van der Waals surface area contributed by atoms with Crippen molar-refractivity contribution in [2.24, 2.45) is 5.73 Å². The first-order chi connectivity index (χ1) is 13.6. The van der Waals surface area contributed by atoms with E-state index in [0.717, 1.165) is 5.56 Å². The largest absolute Gasteiger partial charge is 0.495 e. The average Bonchev–Trinajstić information content (AvgIpc) is 2.65. The summed E-state index contributed by atoms with van der Waals surface area (Å²) in [5.74, 6) is -0.872. The first-order valence-electron chi connectivity index (χ1n) is 8.64. The maximum Gasteiger partial charge on any atom is 0.242 e. The van der Waals surface area contributed by atoms with Gasteiger partial charge in [0.2, 0.25) is 21.8 Å². The van der Waals surface area contributed by atoms with Crippen LogP contribution in [-0.4, -0.2) is 33.4 Å². The van der Waals surface area contributed by atoms with Crippen molar-refractivity contribution in [2.75, 3.05) is 12.4 Å². The second-order valence-electron chi connectivity index (χ2n) is 6.33. The van der Waals surface area contributed by atoms with Gasteiger partial charge in [-0.1, -0.05) is 29.3 Å². The molecule has 0 aromatic heterocycles. The highest BCUT2D eigenvalue weighted by Gasteiger charge is 2.26. The number of rotatable bonds is 9. The number of methoxy groups -OCH3 is 1. The van der Waals surface area contributed by atoms with Crippen molar-refractivity contribution in [3.8, 4) is 5.75 Å². The topological polar surface area (TPSA) is 128 Å². The highest BCUT2D eigenvalue weighted by molar-refractivity contribution is 7.89. The van der Waals surface area contributed by atoms with Gasteiger partial charge in [-0.2, -0.15) is 4.72 Å². The Hall–Kier alpha value is -2.62. The highest BCUT2D eigenvalue weighted by atomic mass is 35.5. The van der Waals surface area contributed by atoms with Crippen molar-refractivity contribution >= 4 is 39.1 Å². The molecule has 0 radical (unpaired) electrons. The lowest BCUT2D eigenvalue weighted by molar-refractivity contribution is -0.119. The van der Waals surface area contributed by atoms with E-state index < -0.39 is 27.9 Å². The number of nitrogens with two attached hydrogens (primary N) is 1. The summed E-state index contributed by atoms with van der Waals surface area (Å²) in [5.41, 5.74) is 6.40. The molecule has 0 bridgehead atoms. The van der Waals surface area contributed by atoms with E-state index in [4.69, 9.17) is 22.1 Å². The summed E-state index contributed by atoms with van der Waals surface area (Å²) in [4.78, 5) is 23.9. The number of primary amides is 1. The number of sulfonamides is 1. The maximum atomic E-state index is 12.7. The number of hydrogen-bond donors (Lipinski definition) is 3. The van der Waals surface area contributed by atoms with Crippen molar-refractivity contribution in [3.63, 3.8) is 0 Å². The highest BCUT2D eigenvalue weighted by Crippen LogP contribution is 2.27. The Morgan fingerprint density at radius 3 is 2.38 bits per heavy atom. The number of hydrogen-bond acceptors (Lipinski definition) is 5. The van der Waals surface area contributed by atoms with Crippen LogP contribution in [0.1, 0.15) is 18.4 Å². The molecular formula is C19H22ClN3O5S. The number of nitrogens with one attached hydrogen (secondary N) is 2. The fourth-order valence-electron chi connectivity index (χ4n) is 2.48. The van der Waals surface area contributed by atoms with Gasteiger partial charge in [0.25, 0.3) is 0 Å². The Morgan fingerprint density at radius 1 is 1.17 bits per heavy atom. The van der Waals surface area contributed by atoms with Gasteiger partial charge in [-0.15, -0.1) is 0 Å². The fourth-order valence-corrected chi connectivity index (χ4v) is 3.96. The number of anilines is 1. The van der Waals surface area contributed by atoms with E-state index in [2.05, 4.69) is 10.0 Å². The van der Waals surface area contributed by atoms with E-state index in [1.165, 1.54) is 25.3 Å². The van der Waals surface area contributed by atoms with Crippen molar-refractivity contribution in [1.29, 1.82) is 0 Å². The van der Waals surface area contributed by atoms with Crippen LogP contribution in [0.3, 0.4) is 0 Å². The van der Waals surface area contributed by atoms with Crippen LogP contribution in [0.25, 0.3) is 0 Å². The van der Waals surface area contributed by atoms with Gasteiger partial charge in [0, 0.05) is 12.1 Å². The Labute approximate surface area is 174 Å². The van der Waals surface area contributed by atoms with E-state index in [9.17, 15) is 18.0 Å². The van der Waals surface area contributed by atoms with E-state index in [-0.39, 0.29) is 22.8 Å². The summed E-state index contributed by atoms with van der Waals surface area (Å²) in [6.45, 7) is 1.83. The third-order valence-corrected chi connectivity index (χ3v) is 5.83. The zero-order chi connectivity index (χ0) is 21.6. The van der Waals surface area contributed by atoms with Gasteiger partial charge in [0.1, 0.15) is 11.8 Å². The molecule has 8 nitrogen and oxygen atoms in total. The molecular weight excluding hydrogens is 418 g/mol. The van der Waals surface area contributed by atoms with E-state index in [1.807, 2.05) is 6.92 Å². The number of carbonyl (C=O) groups excluding carboxylic acids is 2. The molecule has 2 rings (SSSR count). The molecule has 0 spiro atoms. The normalized spacial score (nSPS) is 12.2. The third kappa shape index (κ3) is 6.45. The van der Waals surface area contributed by atoms with Crippen LogP contribution in [0.2, 0.25) is 5.02 Å². The standard InChI is InChI=1S/C19H22ClN3O5S/c1-12-3-6-14(7-4-12)29(26,27)23-16(8-10-18(21)24)19(25)22-13-5-9-17(28-2)15(20)11-13/h3-7,9,11,16,23H,8,10H2,1-2H3,(H2,21,24)(H,22,25)/t16-/m0/s1. The second kappa shape index (κ2) is 9.73. The number of amides is 2. The zero-order valence-electron chi connectivity index (χ0n) is 15.9. The van der Waals surface area contributed by atoms with Crippen LogP contribution < -0.4 is 20.5 Å². The molecule has 2 aromatic carbocycles. The van der Waals surface area contributed by atoms with Crippen LogP contribution in [0.15, 0.2) is 47.4 Å². The van der Waals surface area contributed by atoms with Gasteiger partial charge in [-0.25, -0.2) is 8.42 Å². The smallest absolute Gasteiger partial charge is 0.242 e. The van der Waals surface area contributed by atoms with Crippen molar-refractivity contribution in [2.45, 2.75) is 30.7 Å². The van der Waals surface area contributed by atoms with E-state index in [1.54, 1.807) is 24.3 Å². The van der Waals surface area contributed by atoms with Gasteiger partial charge in [-0.3, -0.25) is 9.59 Å². The number of halogens is 1. The molecule has 0 saturated carbocycles. The lowest BCUT2D eigenvalue weighted by atomic mass is 10.1. The van der Waals surface area contributed by atoms with Crippen molar-refractivity contribution in [3.05, 3.63) is 53.1 Å². The van der Waals surface area contributed by atoms with Crippen molar-refractivity contribution < 1.29 is 22.7 Å². The molecule has 0 aliphatic carbocycles. The van der Waals surface area contributed by atoms with Crippen LogP contribution >= 0.6 is 11.6 Å². The van der Waals surface area contributed by atoms with Gasteiger partial charge in [0.15, 0.2) is 0 Å². The molecule has 156 valence electrons. The van der Waals surface area contributed by atoms with Crippen LogP contribution in [0.5, 0.6) is 5.75 Å². The Balaban J connectivity index is 2.22. The number of benzene rings is 2. The van der Waals surface area contributed by atoms with Gasteiger partial charge < -0.3 is 15.8 Å². The molecule has 0 aliphatic rings. The molecule has 0 fully saturated rings. The second-order valence-corrected chi connectivity index (χ2v) is 8.45. The minimum Gasteiger partial charge on any atom is -0.495 e. The summed E-state index contributed by atoms with van der Waals surface area (Å²) in [6, 6.07) is 9.54. The quantitative estimate of drug-likeness (QED) is 0.551. The third-order valence-electron chi connectivity index (χ3n) is 4.04. The predicted octanol–water partition coefficient (Wildman–Crippen LogP) is 2.21. The predicted molar refractivity (Wildman–Crippen MR) is 110 cm³/mol. The van der Waals surface area contributed by atoms with Gasteiger partial charge in [-0.05, 0) is 43.7 Å². The molecule has 0 saturated heterocycles. The summed E-state index contributed by atoms with van der Waals surface area (Å²) < 4.78 is 32.7. The first kappa shape index (κ1) is 22.7. The molecule has 10 heteroatoms. The summed E-state index contributed by atoms with van der Waals surface area (Å²) in [5, 5.41) is 2.86. The SMILES string of the molecule is COc1ccc(NC(=O)[C@H](CCC(N)=O)NS(=O)(=O)c2ccc(C)cc2)cc1Cl. The van der Waals surface area contributed by atoms with E-state index >= 15 is 0 Å². The fraction of sp³-hybridized carbons (Fsp3) is 0.263. The van der Waals surface area contributed by atoms with E-state index in [0.29, 0.717) is 11.4 Å². The molecule has 2 aromatic rings. The lowest BCUT2D eigenvalue weighted by Gasteiger charge is -2.18. The molecule has 1 atom stereocenters. The van der Waals surface area contributed by atoms with Gasteiger partial charge in [0.05, 0.1) is 17.0 Å². The summed E-state index contributed by atoms with van der Waals surface area (Å²) in [7, 11) is -2.53. The number of ether oxygens (including phenoxy) is 1. The molecule has 0 aliphatic heterocycles. The molecule has 0 heterocycles. The molecule has 29 heavy (non-hydrogen) atoms. The monoisotopic (exact) mass is 439 g/mol. The van der Waals surface area contributed by atoms with Crippen LogP contribution in [0, 0.1) is 6.92 Å². The van der Waals surface area contributed by atoms with Crippen LogP contribution in [-0.2, 0) is 19.6 Å². The van der Waals surface area contributed by atoms with Crippen LogP contribution in [0.4, 0.5) is 5.69 Å². The summed E-state index contributed by atoms with van der Waals surface area (Å²) in [6.07, 6.45) is -0.270. The Morgan fingerprint density at radius 2 is 1.83 bits per heavy atom. The zero-order valence-corrected chi connectivity index (χ0v) is 17.5. The lowest BCUT2D eigenvalue weighted by Crippen LogP contribution is -2.44. The Bertz CT molecular complexity index is 993. The minimum absolute atomic E-state index is 0.00691. The minimum atomic E-state index is -3.99. The maximum absolute atomic E-state index is 12.7. The summed E-state index contributed by atoms with van der Waals surface area (Å²) >= 11 is 6.05.